The summed E-state index contributed by atoms with van der Waals surface area (Å²) in [6.45, 7) is 0.874. The van der Waals surface area contributed by atoms with Gasteiger partial charge >= 0.3 is 0 Å². The lowest BCUT2D eigenvalue weighted by molar-refractivity contribution is 0.393. The Morgan fingerprint density at radius 1 is 0.958 bits per heavy atom. The van der Waals surface area contributed by atoms with Crippen LogP contribution in [0.4, 0.5) is 0 Å². The maximum Gasteiger partial charge on any atom is 0.243 e. The molecule has 1 aromatic heterocycles. The molecule has 0 amide bonds. The molecule has 0 bridgehead atoms. The Bertz CT molecular complexity index is 951. The quantitative estimate of drug-likeness (QED) is 0.721. The first-order valence-electron chi connectivity index (χ1n) is 7.74. The molecule has 1 aliphatic heterocycles. The summed E-state index contributed by atoms with van der Waals surface area (Å²) in [6.07, 6.45) is 0.657. The first-order chi connectivity index (χ1) is 11.6. The Hall–Kier alpha value is -2.02. The van der Waals surface area contributed by atoms with E-state index in [0.29, 0.717) is 24.4 Å². The van der Waals surface area contributed by atoms with Gasteiger partial charge in [-0.25, -0.2) is 13.4 Å². The summed E-state index contributed by atoms with van der Waals surface area (Å²) >= 11 is 1.59. The van der Waals surface area contributed by atoms with Crippen molar-refractivity contribution in [1.82, 2.24) is 9.29 Å². The summed E-state index contributed by atoms with van der Waals surface area (Å²) in [5.41, 5.74) is 2.10. The molecule has 1 aliphatic rings. The molecule has 0 unspecified atom stereocenters. The predicted molar refractivity (Wildman–Crippen MR) is 95.3 cm³/mol. The number of hydrogen-bond acceptors (Lipinski definition) is 4. The third kappa shape index (κ3) is 2.77. The van der Waals surface area contributed by atoms with E-state index in [9.17, 15) is 8.42 Å². The first-order valence-corrected chi connectivity index (χ1v) is 9.99. The van der Waals surface area contributed by atoms with Gasteiger partial charge in [-0.05, 0) is 12.1 Å². The molecule has 6 heteroatoms. The van der Waals surface area contributed by atoms with Gasteiger partial charge in [-0.15, -0.1) is 11.3 Å². The van der Waals surface area contributed by atoms with E-state index in [1.165, 1.54) is 0 Å². The molecular formula is C18H16N2O2S2. The van der Waals surface area contributed by atoms with E-state index in [1.54, 1.807) is 39.9 Å². The van der Waals surface area contributed by atoms with Crippen LogP contribution in [0.15, 0.2) is 65.6 Å². The van der Waals surface area contributed by atoms with Gasteiger partial charge in [0.1, 0.15) is 5.01 Å². The van der Waals surface area contributed by atoms with Crippen LogP contribution in [0.5, 0.6) is 0 Å². The van der Waals surface area contributed by atoms with Crippen molar-refractivity contribution >= 4 is 21.4 Å². The van der Waals surface area contributed by atoms with Crippen molar-refractivity contribution in [2.24, 2.45) is 0 Å². The van der Waals surface area contributed by atoms with Crippen molar-refractivity contribution in [3.05, 3.63) is 71.2 Å². The van der Waals surface area contributed by atoms with E-state index in [0.717, 1.165) is 21.1 Å². The van der Waals surface area contributed by atoms with E-state index in [-0.39, 0.29) is 0 Å². The van der Waals surface area contributed by atoms with Gasteiger partial charge in [0.15, 0.2) is 0 Å². The summed E-state index contributed by atoms with van der Waals surface area (Å²) in [7, 11) is -3.45. The molecule has 0 aliphatic carbocycles. The Morgan fingerprint density at radius 2 is 1.62 bits per heavy atom. The van der Waals surface area contributed by atoms with Crippen LogP contribution in [0, 0.1) is 0 Å². The van der Waals surface area contributed by atoms with Gasteiger partial charge in [0, 0.05) is 23.4 Å². The van der Waals surface area contributed by atoms with E-state index in [4.69, 9.17) is 4.98 Å². The second-order valence-corrected chi connectivity index (χ2v) is 8.68. The molecule has 0 fully saturated rings. The van der Waals surface area contributed by atoms with Crippen LogP contribution < -0.4 is 0 Å². The van der Waals surface area contributed by atoms with E-state index >= 15 is 0 Å². The molecule has 0 N–H and O–H groups in total. The summed E-state index contributed by atoms with van der Waals surface area (Å²) in [4.78, 5) is 6.10. The van der Waals surface area contributed by atoms with Crippen LogP contribution in [-0.2, 0) is 23.0 Å². The minimum absolute atomic E-state index is 0.348. The average Bonchev–Trinajstić information content (AvgIpc) is 3.06. The maximum atomic E-state index is 12.8. The van der Waals surface area contributed by atoms with Gasteiger partial charge in [-0.1, -0.05) is 48.5 Å². The number of aromatic nitrogens is 1. The van der Waals surface area contributed by atoms with Gasteiger partial charge in [-0.2, -0.15) is 4.31 Å². The number of rotatable bonds is 3. The van der Waals surface area contributed by atoms with Crippen LogP contribution in [0.3, 0.4) is 0 Å². The zero-order chi connectivity index (χ0) is 16.6. The molecule has 122 valence electrons. The van der Waals surface area contributed by atoms with Gasteiger partial charge in [0.05, 0.1) is 17.1 Å². The highest BCUT2D eigenvalue weighted by Crippen LogP contribution is 2.33. The molecule has 4 nitrogen and oxygen atoms in total. The van der Waals surface area contributed by atoms with Gasteiger partial charge < -0.3 is 0 Å². The number of hydrogen-bond donors (Lipinski definition) is 0. The lowest BCUT2D eigenvalue weighted by Gasteiger charge is -2.25. The Labute approximate surface area is 145 Å². The summed E-state index contributed by atoms with van der Waals surface area (Å²) in [5, 5.41) is 0.958. The molecule has 2 heterocycles. The van der Waals surface area contributed by atoms with Gasteiger partial charge in [0.2, 0.25) is 10.0 Å². The van der Waals surface area contributed by atoms with Crippen molar-refractivity contribution in [3.63, 3.8) is 0 Å². The molecule has 2 aromatic carbocycles. The van der Waals surface area contributed by atoms with E-state index < -0.39 is 10.0 Å². The molecule has 0 saturated heterocycles. The molecule has 0 radical (unpaired) electrons. The van der Waals surface area contributed by atoms with Crippen molar-refractivity contribution in [2.75, 3.05) is 6.54 Å². The predicted octanol–water partition coefficient (Wildman–Crippen LogP) is 3.56. The van der Waals surface area contributed by atoms with Crippen molar-refractivity contribution < 1.29 is 8.42 Å². The molecule has 4 rings (SSSR count). The smallest absolute Gasteiger partial charge is 0.241 e. The Morgan fingerprint density at radius 3 is 2.33 bits per heavy atom. The molecular weight excluding hydrogens is 340 g/mol. The lowest BCUT2D eigenvalue weighted by atomic mass is 10.2. The Balaban J connectivity index is 1.64. The standard InChI is InChI=1S/C18H16N2O2S2/c21-24(22,15-9-5-2-6-10-15)20-12-11-16-17(13-20)23-18(19-16)14-7-3-1-4-8-14/h1-10H,11-13H2. The normalized spacial score (nSPS) is 15.2. The van der Waals surface area contributed by atoms with Crippen LogP contribution in [-0.4, -0.2) is 24.3 Å². The van der Waals surface area contributed by atoms with Gasteiger partial charge in [-0.3, -0.25) is 0 Å². The minimum atomic E-state index is -3.45. The number of nitrogens with zero attached hydrogens (tertiary/aromatic N) is 2. The number of sulfonamides is 1. The van der Waals surface area contributed by atoms with E-state index in [2.05, 4.69) is 0 Å². The van der Waals surface area contributed by atoms with Crippen molar-refractivity contribution in [1.29, 1.82) is 0 Å². The highest BCUT2D eigenvalue weighted by Gasteiger charge is 2.30. The molecule has 0 saturated carbocycles. The highest BCUT2D eigenvalue weighted by atomic mass is 32.2. The van der Waals surface area contributed by atoms with Crippen LogP contribution in [0.1, 0.15) is 10.6 Å². The average molecular weight is 356 g/mol. The third-order valence-electron chi connectivity index (χ3n) is 4.10. The molecule has 0 spiro atoms. The Kier molecular flexibility index (Phi) is 3.96. The fourth-order valence-electron chi connectivity index (χ4n) is 2.82. The second kappa shape index (κ2) is 6.12. The van der Waals surface area contributed by atoms with E-state index in [1.807, 2.05) is 36.4 Å². The fourth-order valence-corrected chi connectivity index (χ4v) is 5.46. The molecule has 0 atom stereocenters. The SMILES string of the molecule is O=S(=O)(c1ccccc1)N1CCc2nc(-c3ccccc3)sc2C1. The number of thiazole rings is 1. The number of fused-ring (bicyclic) bond motifs is 1. The second-order valence-electron chi connectivity index (χ2n) is 5.66. The zero-order valence-electron chi connectivity index (χ0n) is 12.9. The largest absolute Gasteiger partial charge is 0.243 e. The number of benzene rings is 2. The fraction of sp³-hybridized carbons (Fsp3) is 0.167. The van der Waals surface area contributed by atoms with Crippen molar-refractivity contribution in [2.45, 2.75) is 17.9 Å². The minimum Gasteiger partial charge on any atom is -0.241 e. The molecule has 3 aromatic rings. The lowest BCUT2D eigenvalue weighted by Crippen LogP contribution is -2.35. The van der Waals surface area contributed by atoms with Crippen LogP contribution in [0.2, 0.25) is 0 Å². The first kappa shape index (κ1) is 15.5. The highest BCUT2D eigenvalue weighted by molar-refractivity contribution is 7.89. The third-order valence-corrected chi connectivity index (χ3v) is 7.09. The summed E-state index contributed by atoms with van der Waals surface area (Å²) in [5.74, 6) is 0. The summed E-state index contributed by atoms with van der Waals surface area (Å²) < 4.78 is 27.1. The van der Waals surface area contributed by atoms with Crippen LogP contribution >= 0.6 is 11.3 Å². The topological polar surface area (TPSA) is 50.3 Å². The zero-order valence-corrected chi connectivity index (χ0v) is 14.6. The monoisotopic (exact) mass is 356 g/mol. The van der Waals surface area contributed by atoms with Crippen LogP contribution in [0.25, 0.3) is 10.6 Å². The maximum absolute atomic E-state index is 12.8. The summed E-state index contributed by atoms with van der Waals surface area (Å²) in [6, 6.07) is 18.6. The van der Waals surface area contributed by atoms with Gasteiger partial charge in [0.25, 0.3) is 0 Å². The van der Waals surface area contributed by atoms with Crippen molar-refractivity contribution in [3.8, 4) is 10.6 Å². The molecule has 24 heavy (non-hydrogen) atoms.